The van der Waals surface area contributed by atoms with E-state index < -0.39 is 10.0 Å². The molecule has 7 nitrogen and oxygen atoms in total. The highest BCUT2D eigenvalue weighted by Gasteiger charge is 2.29. The summed E-state index contributed by atoms with van der Waals surface area (Å²) in [7, 11) is -1.92. The van der Waals surface area contributed by atoms with Crippen LogP contribution in [0.2, 0.25) is 0 Å². The van der Waals surface area contributed by atoms with Crippen LogP contribution in [0.1, 0.15) is 5.76 Å². The van der Waals surface area contributed by atoms with Gasteiger partial charge in [-0.1, -0.05) is 0 Å². The van der Waals surface area contributed by atoms with Crippen molar-refractivity contribution >= 4 is 10.0 Å². The number of nitrogens with zero attached hydrogens (tertiary/aromatic N) is 1. The van der Waals surface area contributed by atoms with Crippen molar-refractivity contribution in [1.29, 1.82) is 0 Å². The molecule has 1 saturated heterocycles. The van der Waals surface area contributed by atoms with Gasteiger partial charge in [0.05, 0.1) is 26.4 Å². The summed E-state index contributed by atoms with van der Waals surface area (Å²) in [5.41, 5.74) is 0. The molecule has 1 aliphatic heterocycles. The molecule has 0 aliphatic carbocycles. The lowest BCUT2D eigenvalue weighted by atomic mass is 10.4. The molecule has 1 aliphatic rings. The number of nitrogens with one attached hydrogen (secondary N) is 1. The average Bonchev–Trinajstić information content (AvgIpc) is 2.94. The van der Waals surface area contributed by atoms with Gasteiger partial charge < -0.3 is 19.2 Å². The maximum absolute atomic E-state index is 12.3. The molecule has 0 bridgehead atoms. The number of hydrogen-bond donors (Lipinski definition) is 1. The second-order valence-corrected chi connectivity index (χ2v) is 6.28. The van der Waals surface area contributed by atoms with E-state index in [1.807, 2.05) is 0 Å². The van der Waals surface area contributed by atoms with Crippen LogP contribution in [0.15, 0.2) is 21.6 Å². The van der Waals surface area contributed by atoms with Crippen LogP contribution in [-0.2, 0) is 26.0 Å². The molecule has 0 atom stereocenters. The summed E-state index contributed by atoms with van der Waals surface area (Å²) in [4.78, 5) is 0. The zero-order chi connectivity index (χ0) is 14.4. The van der Waals surface area contributed by atoms with E-state index >= 15 is 0 Å². The summed E-state index contributed by atoms with van der Waals surface area (Å²) < 4.78 is 41.5. The van der Waals surface area contributed by atoms with Crippen LogP contribution in [0.5, 0.6) is 0 Å². The van der Waals surface area contributed by atoms with Gasteiger partial charge in [0.15, 0.2) is 0 Å². The van der Waals surface area contributed by atoms with Crippen molar-refractivity contribution in [2.24, 2.45) is 0 Å². The lowest BCUT2D eigenvalue weighted by Crippen LogP contribution is -2.40. The highest BCUT2D eigenvalue weighted by Crippen LogP contribution is 2.19. The predicted molar refractivity (Wildman–Crippen MR) is 71.9 cm³/mol. The Kier molecular flexibility index (Phi) is 5.55. The van der Waals surface area contributed by atoms with Gasteiger partial charge in [0.25, 0.3) is 10.0 Å². The number of sulfonamides is 1. The van der Waals surface area contributed by atoms with Crippen LogP contribution in [0, 0.1) is 0 Å². The molecule has 0 spiro atoms. The summed E-state index contributed by atoms with van der Waals surface area (Å²) in [6, 6.07) is 3.17. The van der Waals surface area contributed by atoms with Gasteiger partial charge >= 0.3 is 0 Å². The second-order valence-electron chi connectivity index (χ2n) is 4.41. The normalized spacial score (nSPS) is 17.4. The minimum absolute atomic E-state index is 0.0112. The van der Waals surface area contributed by atoms with Crippen LogP contribution < -0.4 is 5.32 Å². The fourth-order valence-electron chi connectivity index (χ4n) is 1.89. The zero-order valence-corrected chi connectivity index (χ0v) is 12.3. The SMILES string of the molecule is COCCNCc1ccc(S(=O)(=O)N2CCOCC2)o1. The first-order chi connectivity index (χ1) is 9.64. The molecule has 2 heterocycles. The minimum Gasteiger partial charge on any atom is -0.447 e. The van der Waals surface area contributed by atoms with Crippen molar-refractivity contribution in [3.63, 3.8) is 0 Å². The summed E-state index contributed by atoms with van der Waals surface area (Å²) in [5, 5.41) is 3.09. The average molecular weight is 304 g/mol. The number of methoxy groups -OCH3 is 1. The Balaban J connectivity index is 1.96. The van der Waals surface area contributed by atoms with E-state index in [9.17, 15) is 8.42 Å². The molecule has 1 fully saturated rings. The standard InChI is InChI=1S/C12H20N2O5S/c1-17-7-4-13-10-11-2-3-12(19-11)20(15,16)14-5-8-18-9-6-14/h2-3,13H,4-10H2,1H3. The minimum atomic E-state index is -3.54. The monoisotopic (exact) mass is 304 g/mol. The number of furan rings is 1. The Hall–Kier alpha value is -0.930. The third-order valence-electron chi connectivity index (χ3n) is 2.98. The number of ether oxygens (including phenoxy) is 2. The molecular formula is C12H20N2O5S. The first-order valence-corrected chi connectivity index (χ1v) is 7.95. The van der Waals surface area contributed by atoms with E-state index in [-0.39, 0.29) is 5.09 Å². The summed E-state index contributed by atoms with van der Waals surface area (Å²) >= 11 is 0. The third-order valence-corrected chi connectivity index (χ3v) is 4.76. The Morgan fingerprint density at radius 1 is 1.35 bits per heavy atom. The fourth-order valence-corrected chi connectivity index (χ4v) is 3.23. The van der Waals surface area contributed by atoms with Gasteiger partial charge in [0.1, 0.15) is 5.76 Å². The Morgan fingerprint density at radius 2 is 2.10 bits per heavy atom. The molecule has 1 aromatic heterocycles. The Labute approximate surface area is 118 Å². The number of rotatable bonds is 7. The molecular weight excluding hydrogens is 284 g/mol. The van der Waals surface area contributed by atoms with Crippen molar-refractivity contribution in [1.82, 2.24) is 9.62 Å². The van der Waals surface area contributed by atoms with Gasteiger partial charge in [-0.2, -0.15) is 4.31 Å². The zero-order valence-electron chi connectivity index (χ0n) is 11.5. The molecule has 1 aromatic rings. The quantitative estimate of drug-likeness (QED) is 0.716. The summed E-state index contributed by atoms with van der Waals surface area (Å²) in [6.45, 7) is 3.33. The molecule has 8 heteroatoms. The molecule has 0 amide bonds. The molecule has 0 saturated carbocycles. The number of morpholine rings is 1. The lowest BCUT2D eigenvalue weighted by molar-refractivity contribution is 0.0723. The van der Waals surface area contributed by atoms with E-state index in [0.717, 1.165) is 0 Å². The molecule has 2 rings (SSSR count). The van der Waals surface area contributed by atoms with Crippen molar-refractivity contribution in [3.05, 3.63) is 17.9 Å². The summed E-state index contributed by atoms with van der Waals surface area (Å²) in [6.07, 6.45) is 0. The van der Waals surface area contributed by atoms with Crippen molar-refractivity contribution in [2.45, 2.75) is 11.6 Å². The largest absolute Gasteiger partial charge is 0.447 e. The Morgan fingerprint density at radius 3 is 2.80 bits per heavy atom. The second kappa shape index (κ2) is 7.19. The van der Waals surface area contributed by atoms with Gasteiger partial charge in [-0.05, 0) is 12.1 Å². The van der Waals surface area contributed by atoms with Gasteiger partial charge in [-0.15, -0.1) is 0 Å². The van der Waals surface area contributed by atoms with E-state index in [4.69, 9.17) is 13.9 Å². The van der Waals surface area contributed by atoms with Crippen LogP contribution in [0.25, 0.3) is 0 Å². The van der Waals surface area contributed by atoms with E-state index in [0.29, 0.717) is 51.8 Å². The van der Waals surface area contributed by atoms with Gasteiger partial charge in [0.2, 0.25) is 5.09 Å². The van der Waals surface area contributed by atoms with Crippen LogP contribution in [0.3, 0.4) is 0 Å². The van der Waals surface area contributed by atoms with Crippen molar-refractivity contribution in [2.75, 3.05) is 46.6 Å². The third kappa shape index (κ3) is 3.80. The van der Waals surface area contributed by atoms with Crippen LogP contribution in [0.4, 0.5) is 0 Å². The first-order valence-electron chi connectivity index (χ1n) is 6.51. The maximum atomic E-state index is 12.3. The molecule has 114 valence electrons. The summed E-state index contributed by atoms with van der Waals surface area (Å²) in [5.74, 6) is 0.591. The highest BCUT2D eigenvalue weighted by atomic mass is 32.2. The topological polar surface area (TPSA) is 81.0 Å². The van der Waals surface area contributed by atoms with E-state index in [2.05, 4.69) is 5.32 Å². The molecule has 0 aromatic carbocycles. The smallest absolute Gasteiger partial charge is 0.276 e. The lowest BCUT2D eigenvalue weighted by Gasteiger charge is -2.24. The Bertz CT molecular complexity index is 508. The highest BCUT2D eigenvalue weighted by molar-refractivity contribution is 7.89. The van der Waals surface area contributed by atoms with Crippen molar-refractivity contribution < 1.29 is 22.3 Å². The van der Waals surface area contributed by atoms with Crippen LogP contribution in [-0.4, -0.2) is 59.3 Å². The van der Waals surface area contributed by atoms with Gasteiger partial charge in [-0.25, -0.2) is 8.42 Å². The molecule has 0 unspecified atom stereocenters. The number of hydrogen-bond acceptors (Lipinski definition) is 6. The van der Waals surface area contributed by atoms with Crippen LogP contribution >= 0.6 is 0 Å². The van der Waals surface area contributed by atoms with Gasteiger partial charge in [-0.3, -0.25) is 0 Å². The fraction of sp³-hybridized carbons (Fsp3) is 0.667. The first kappa shape index (κ1) is 15.5. The molecule has 1 N–H and O–H groups in total. The molecule has 20 heavy (non-hydrogen) atoms. The molecule has 0 radical (unpaired) electrons. The van der Waals surface area contributed by atoms with E-state index in [1.165, 1.54) is 10.4 Å². The predicted octanol–water partition coefficient (Wildman–Crippen LogP) is 0.0365. The maximum Gasteiger partial charge on any atom is 0.276 e. The van der Waals surface area contributed by atoms with Crippen molar-refractivity contribution in [3.8, 4) is 0 Å². The van der Waals surface area contributed by atoms with Gasteiger partial charge in [0, 0.05) is 26.7 Å². The van der Waals surface area contributed by atoms with E-state index in [1.54, 1.807) is 13.2 Å².